The third kappa shape index (κ3) is 1.84. The molecular weight excluding hydrogens is 217 g/mol. The van der Waals surface area contributed by atoms with E-state index in [1.54, 1.807) is 0 Å². The number of anilines is 1. The number of hydrogen-bond acceptors (Lipinski definition) is 1. The number of benzene rings is 1. The molecule has 0 aromatic heterocycles. The summed E-state index contributed by atoms with van der Waals surface area (Å²) < 4.78 is 0. The van der Waals surface area contributed by atoms with E-state index < -0.39 is 0 Å². The zero-order valence-corrected chi connectivity index (χ0v) is 9.62. The standard InChI is InChI=1S/C11H13Cl2N/c1-7-3-2-4-8-5-6-9(12)10(13)11(8)14-7/h5-7,14H,2-4H2,1H3. The summed E-state index contributed by atoms with van der Waals surface area (Å²) in [4.78, 5) is 0. The first-order chi connectivity index (χ1) is 6.68. The van der Waals surface area contributed by atoms with Crippen LogP contribution in [-0.2, 0) is 6.42 Å². The lowest BCUT2D eigenvalue weighted by Gasteiger charge is -2.15. The first-order valence-corrected chi connectivity index (χ1v) is 5.67. The van der Waals surface area contributed by atoms with E-state index in [4.69, 9.17) is 23.2 Å². The van der Waals surface area contributed by atoms with Crippen LogP contribution in [-0.4, -0.2) is 6.04 Å². The van der Waals surface area contributed by atoms with Crippen molar-refractivity contribution in [3.05, 3.63) is 27.7 Å². The molecule has 1 atom stereocenters. The lowest BCUT2D eigenvalue weighted by Crippen LogP contribution is -2.13. The second kappa shape index (κ2) is 4.00. The van der Waals surface area contributed by atoms with Gasteiger partial charge in [0, 0.05) is 6.04 Å². The Hall–Kier alpha value is -0.400. The van der Waals surface area contributed by atoms with Gasteiger partial charge in [-0.05, 0) is 37.8 Å². The molecule has 2 rings (SSSR count). The van der Waals surface area contributed by atoms with Gasteiger partial charge in [-0.3, -0.25) is 0 Å². The quantitative estimate of drug-likeness (QED) is 0.706. The Morgan fingerprint density at radius 2 is 2.14 bits per heavy atom. The van der Waals surface area contributed by atoms with Crippen LogP contribution in [0.1, 0.15) is 25.3 Å². The van der Waals surface area contributed by atoms with E-state index in [9.17, 15) is 0 Å². The first-order valence-electron chi connectivity index (χ1n) is 4.92. The molecule has 1 aromatic rings. The van der Waals surface area contributed by atoms with Crippen LogP contribution in [0.4, 0.5) is 5.69 Å². The molecule has 1 aliphatic heterocycles. The van der Waals surface area contributed by atoms with Crippen LogP contribution in [0.3, 0.4) is 0 Å². The summed E-state index contributed by atoms with van der Waals surface area (Å²) in [6, 6.07) is 4.42. The fourth-order valence-corrected chi connectivity index (χ4v) is 2.27. The molecule has 14 heavy (non-hydrogen) atoms. The van der Waals surface area contributed by atoms with E-state index in [2.05, 4.69) is 18.3 Å². The molecular formula is C11H13Cl2N. The normalized spacial score (nSPS) is 20.9. The van der Waals surface area contributed by atoms with Crippen LogP contribution in [0.25, 0.3) is 0 Å². The molecule has 1 nitrogen and oxygen atoms in total. The summed E-state index contributed by atoms with van der Waals surface area (Å²) in [7, 11) is 0. The monoisotopic (exact) mass is 229 g/mol. The second-order valence-corrected chi connectivity index (χ2v) is 4.62. The van der Waals surface area contributed by atoms with Gasteiger partial charge in [-0.15, -0.1) is 0 Å². The maximum atomic E-state index is 6.15. The van der Waals surface area contributed by atoms with Gasteiger partial charge in [-0.2, -0.15) is 0 Å². The molecule has 1 aliphatic rings. The highest BCUT2D eigenvalue weighted by Crippen LogP contribution is 2.36. The Balaban J connectivity index is 2.46. The van der Waals surface area contributed by atoms with E-state index in [0.29, 0.717) is 16.1 Å². The minimum Gasteiger partial charge on any atom is -0.381 e. The highest BCUT2D eigenvalue weighted by Gasteiger charge is 2.16. The highest BCUT2D eigenvalue weighted by molar-refractivity contribution is 6.43. The molecule has 0 spiro atoms. The van der Waals surface area contributed by atoms with Crippen molar-refractivity contribution in [3.8, 4) is 0 Å². The van der Waals surface area contributed by atoms with Crippen LogP contribution in [0.15, 0.2) is 12.1 Å². The molecule has 0 aliphatic carbocycles. The minimum atomic E-state index is 0.479. The number of halogens is 2. The predicted octanol–water partition coefficient (Wildman–Crippen LogP) is 4.13. The number of hydrogen-bond donors (Lipinski definition) is 1. The highest BCUT2D eigenvalue weighted by atomic mass is 35.5. The van der Waals surface area contributed by atoms with Gasteiger partial charge < -0.3 is 5.32 Å². The summed E-state index contributed by atoms with van der Waals surface area (Å²) in [5, 5.41) is 4.71. The zero-order valence-electron chi connectivity index (χ0n) is 8.11. The predicted molar refractivity (Wildman–Crippen MR) is 62.5 cm³/mol. The van der Waals surface area contributed by atoms with Crippen molar-refractivity contribution in [1.82, 2.24) is 0 Å². The van der Waals surface area contributed by atoms with E-state index in [0.717, 1.165) is 12.1 Å². The average Bonchev–Trinajstić information content (AvgIpc) is 2.34. The molecule has 0 saturated heterocycles. The molecule has 1 heterocycles. The Kier molecular flexibility index (Phi) is 2.89. The molecule has 3 heteroatoms. The molecule has 0 radical (unpaired) electrons. The van der Waals surface area contributed by atoms with E-state index in [1.807, 2.05) is 6.07 Å². The molecule has 1 N–H and O–H groups in total. The van der Waals surface area contributed by atoms with Gasteiger partial charge in [-0.25, -0.2) is 0 Å². The third-order valence-electron chi connectivity index (χ3n) is 2.66. The second-order valence-electron chi connectivity index (χ2n) is 3.83. The summed E-state index contributed by atoms with van der Waals surface area (Å²) in [6.07, 6.45) is 3.48. The summed E-state index contributed by atoms with van der Waals surface area (Å²) >= 11 is 12.1. The summed E-state index contributed by atoms with van der Waals surface area (Å²) in [5.41, 5.74) is 2.31. The van der Waals surface area contributed by atoms with E-state index in [1.165, 1.54) is 18.4 Å². The zero-order chi connectivity index (χ0) is 10.1. The Morgan fingerprint density at radius 3 is 2.93 bits per heavy atom. The van der Waals surface area contributed by atoms with Crippen molar-refractivity contribution in [1.29, 1.82) is 0 Å². The van der Waals surface area contributed by atoms with Gasteiger partial charge in [-0.1, -0.05) is 29.3 Å². The molecule has 1 aromatic carbocycles. The number of fused-ring (bicyclic) bond motifs is 1. The molecule has 76 valence electrons. The van der Waals surface area contributed by atoms with Gasteiger partial charge in [0.2, 0.25) is 0 Å². The van der Waals surface area contributed by atoms with Crippen molar-refractivity contribution in [2.45, 2.75) is 32.2 Å². The van der Waals surface area contributed by atoms with Gasteiger partial charge in [0.1, 0.15) is 0 Å². The van der Waals surface area contributed by atoms with Crippen LogP contribution in [0.5, 0.6) is 0 Å². The topological polar surface area (TPSA) is 12.0 Å². The van der Waals surface area contributed by atoms with Crippen LogP contribution in [0, 0.1) is 0 Å². The Morgan fingerprint density at radius 1 is 1.36 bits per heavy atom. The molecule has 0 fully saturated rings. The van der Waals surface area contributed by atoms with Crippen molar-refractivity contribution in [2.24, 2.45) is 0 Å². The molecule has 0 saturated carbocycles. The first kappa shape index (κ1) is 10.1. The fraction of sp³-hybridized carbons (Fsp3) is 0.455. The molecule has 1 unspecified atom stereocenters. The van der Waals surface area contributed by atoms with Crippen molar-refractivity contribution >= 4 is 28.9 Å². The third-order valence-corrected chi connectivity index (χ3v) is 3.46. The smallest absolute Gasteiger partial charge is 0.0826 e. The average molecular weight is 230 g/mol. The van der Waals surface area contributed by atoms with Crippen LogP contribution >= 0.6 is 23.2 Å². The number of rotatable bonds is 0. The van der Waals surface area contributed by atoms with E-state index >= 15 is 0 Å². The lowest BCUT2D eigenvalue weighted by atomic mass is 10.1. The largest absolute Gasteiger partial charge is 0.381 e. The van der Waals surface area contributed by atoms with Gasteiger partial charge in [0.15, 0.2) is 0 Å². The Labute approximate surface area is 94.4 Å². The summed E-state index contributed by atoms with van der Waals surface area (Å²) in [5.74, 6) is 0. The Bertz CT molecular complexity index is 349. The van der Waals surface area contributed by atoms with Crippen molar-refractivity contribution < 1.29 is 0 Å². The van der Waals surface area contributed by atoms with Gasteiger partial charge in [0.25, 0.3) is 0 Å². The molecule has 0 bridgehead atoms. The number of nitrogens with one attached hydrogen (secondary N) is 1. The fourth-order valence-electron chi connectivity index (χ4n) is 1.87. The maximum absolute atomic E-state index is 6.15. The summed E-state index contributed by atoms with van der Waals surface area (Å²) in [6.45, 7) is 2.17. The SMILES string of the molecule is CC1CCCc2ccc(Cl)c(Cl)c2N1. The van der Waals surface area contributed by atoms with E-state index in [-0.39, 0.29) is 0 Å². The number of aryl methyl sites for hydroxylation is 1. The maximum Gasteiger partial charge on any atom is 0.0826 e. The van der Waals surface area contributed by atoms with Crippen molar-refractivity contribution in [2.75, 3.05) is 5.32 Å². The van der Waals surface area contributed by atoms with Crippen molar-refractivity contribution in [3.63, 3.8) is 0 Å². The van der Waals surface area contributed by atoms with Gasteiger partial charge >= 0.3 is 0 Å². The minimum absolute atomic E-state index is 0.479. The lowest BCUT2D eigenvalue weighted by molar-refractivity contribution is 0.674. The van der Waals surface area contributed by atoms with Crippen LogP contribution < -0.4 is 5.32 Å². The van der Waals surface area contributed by atoms with Gasteiger partial charge in [0.05, 0.1) is 15.7 Å². The molecule has 0 amide bonds. The van der Waals surface area contributed by atoms with Crippen LogP contribution in [0.2, 0.25) is 10.0 Å².